The van der Waals surface area contributed by atoms with Crippen LogP contribution in [0, 0.1) is 10.1 Å². The van der Waals surface area contributed by atoms with E-state index in [1.165, 1.54) is 25.3 Å². The van der Waals surface area contributed by atoms with Gasteiger partial charge in [-0.05, 0) is 11.5 Å². The van der Waals surface area contributed by atoms with Crippen LogP contribution in [0.3, 0.4) is 0 Å². The van der Waals surface area contributed by atoms with E-state index < -0.39 is 28.3 Å². The molecule has 0 saturated heterocycles. The summed E-state index contributed by atoms with van der Waals surface area (Å²) < 4.78 is 4.70. The molecule has 0 bridgehead atoms. The second-order valence-electron chi connectivity index (χ2n) is 6.01. The molecule has 1 atom stereocenters. The Hall–Kier alpha value is -2.48. The summed E-state index contributed by atoms with van der Waals surface area (Å²) in [6.45, 7) is 5.28. The monoisotopic (exact) mass is 324 g/mol. The van der Waals surface area contributed by atoms with Gasteiger partial charge >= 0.3 is 5.97 Å². The normalized spacial score (nSPS) is 12.5. The summed E-state index contributed by atoms with van der Waals surface area (Å²) in [4.78, 5) is 33.5. The van der Waals surface area contributed by atoms with Gasteiger partial charge in [0.15, 0.2) is 6.10 Å². The topological polar surface area (TPSA) is 119 Å². The van der Waals surface area contributed by atoms with E-state index in [1.54, 1.807) is 0 Å². The number of methoxy groups -OCH3 is 1. The standard InChI is InChI=1S/C15H20N2O6/c1-15(2,3)10-6-5-9(7-11(10)17(21)22)13(18)16-8-12(23-4)14(19)20/h5-7,12H,8H2,1-4H3,(H,16,18)(H,19,20). The Morgan fingerprint density at radius 3 is 2.43 bits per heavy atom. The lowest BCUT2D eigenvalue weighted by atomic mass is 9.85. The largest absolute Gasteiger partial charge is 0.479 e. The third kappa shape index (κ3) is 4.75. The second-order valence-corrected chi connectivity index (χ2v) is 6.01. The summed E-state index contributed by atoms with van der Waals surface area (Å²) in [7, 11) is 1.22. The molecule has 1 aromatic rings. The zero-order valence-corrected chi connectivity index (χ0v) is 13.5. The highest BCUT2D eigenvalue weighted by Gasteiger charge is 2.26. The lowest BCUT2D eigenvalue weighted by Crippen LogP contribution is -2.37. The number of benzene rings is 1. The number of hydrogen-bond donors (Lipinski definition) is 2. The van der Waals surface area contributed by atoms with Crippen LogP contribution in [0.4, 0.5) is 5.69 Å². The van der Waals surface area contributed by atoms with Gasteiger partial charge in [-0.1, -0.05) is 26.8 Å². The molecule has 23 heavy (non-hydrogen) atoms. The smallest absolute Gasteiger partial charge is 0.334 e. The summed E-state index contributed by atoms with van der Waals surface area (Å²) in [5.74, 6) is -1.81. The van der Waals surface area contributed by atoms with Crippen LogP contribution in [0.2, 0.25) is 0 Å². The molecule has 0 aliphatic rings. The molecule has 1 aromatic carbocycles. The van der Waals surface area contributed by atoms with Crippen LogP contribution in [0.5, 0.6) is 0 Å². The molecule has 0 radical (unpaired) electrons. The SMILES string of the molecule is COC(CNC(=O)c1ccc(C(C)(C)C)c([N+](=O)[O-])c1)C(=O)O. The van der Waals surface area contributed by atoms with Crippen molar-refractivity contribution in [3.63, 3.8) is 0 Å². The van der Waals surface area contributed by atoms with E-state index in [0.717, 1.165) is 0 Å². The third-order valence-corrected chi connectivity index (χ3v) is 3.27. The van der Waals surface area contributed by atoms with Crippen molar-refractivity contribution < 1.29 is 24.4 Å². The minimum atomic E-state index is -1.21. The molecule has 2 N–H and O–H groups in total. The van der Waals surface area contributed by atoms with Crippen molar-refractivity contribution in [3.8, 4) is 0 Å². The third-order valence-electron chi connectivity index (χ3n) is 3.27. The summed E-state index contributed by atoms with van der Waals surface area (Å²) >= 11 is 0. The number of nitro benzene ring substituents is 1. The van der Waals surface area contributed by atoms with E-state index >= 15 is 0 Å². The first-order valence-electron chi connectivity index (χ1n) is 6.90. The van der Waals surface area contributed by atoms with Crippen LogP contribution < -0.4 is 5.32 Å². The van der Waals surface area contributed by atoms with Crippen molar-refractivity contribution in [1.82, 2.24) is 5.32 Å². The predicted octanol–water partition coefficient (Wildman–Crippen LogP) is 1.72. The summed E-state index contributed by atoms with van der Waals surface area (Å²) in [6, 6.07) is 4.21. The molecule has 8 nitrogen and oxygen atoms in total. The van der Waals surface area contributed by atoms with Gasteiger partial charge in [0.1, 0.15) is 0 Å². The van der Waals surface area contributed by atoms with Gasteiger partial charge in [-0.2, -0.15) is 0 Å². The van der Waals surface area contributed by atoms with Crippen molar-refractivity contribution in [2.24, 2.45) is 0 Å². The van der Waals surface area contributed by atoms with Crippen LogP contribution in [-0.4, -0.2) is 41.7 Å². The van der Waals surface area contributed by atoms with Crippen LogP contribution in [0.25, 0.3) is 0 Å². The maximum absolute atomic E-state index is 12.0. The van der Waals surface area contributed by atoms with Crippen LogP contribution >= 0.6 is 0 Å². The Morgan fingerprint density at radius 2 is 2.00 bits per heavy atom. The Kier molecular flexibility index (Phi) is 5.80. The molecule has 0 aliphatic heterocycles. The molecular weight excluding hydrogens is 304 g/mol. The lowest BCUT2D eigenvalue weighted by Gasteiger charge is -2.19. The predicted molar refractivity (Wildman–Crippen MR) is 82.6 cm³/mol. The first-order chi connectivity index (χ1) is 10.6. The number of carbonyl (C=O) groups is 2. The van der Waals surface area contributed by atoms with Crippen molar-refractivity contribution in [2.45, 2.75) is 32.3 Å². The minimum Gasteiger partial charge on any atom is -0.479 e. The van der Waals surface area contributed by atoms with Gasteiger partial charge in [0, 0.05) is 24.3 Å². The number of hydrogen-bond acceptors (Lipinski definition) is 5. The molecule has 1 unspecified atom stereocenters. The Labute approximate surface area is 133 Å². The number of nitrogens with zero attached hydrogens (tertiary/aromatic N) is 1. The lowest BCUT2D eigenvalue weighted by molar-refractivity contribution is -0.386. The summed E-state index contributed by atoms with van der Waals surface area (Å²) in [5.41, 5.74) is 0.0120. The van der Waals surface area contributed by atoms with Gasteiger partial charge in [0.2, 0.25) is 0 Å². The van der Waals surface area contributed by atoms with Gasteiger partial charge < -0.3 is 15.2 Å². The van der Waals surface area contributed by atoms with Gasteiger partial charge in [-0.3, -0.25) is 14.9 Å². The average Bonchev–Trinajstić information content (AvgIpc) is 2.45. The summed E-state index contributed by atoms with van der Waals surface area (Å²) in [6.07, 6.45) is -1.18. The molecule has 0 aromatic heterocycles. The molecular formula is C15H20N2O6. The van der Waals surface area contributed by atoms with Crippen LogP contribution in [-0.2, 0) is 14.9 Å². The number of carboxylic acid groups (broad SMARTS) is 1. The van der Waals surface area contributed by atoms with Gasteiger partial charge in [-0.25, -0.2) is 4.79 Å². The van der Waals surface area contributed by atoms with E-state index in [1.807, 2.05) is 20.8 Å². The number of carbonyl (C=O) groups excluding carboxylic acids is 1. The van der Waals surface area contributed by atoms with Crippen molar-refractivity contribution in [3.05, 3.63) is 39.4 Å². The second kappa shape index (κ2) is 7.19. The molecule has 0 fully saturated rings. The first kappa shape index (κ1) is 18.6. The van der Waals surface area contributed by atoms with Crippen molar-refractivity contribution in [1.29, 1.82) is 0 Å². The van der Waals surface area contributed by atoms with Crippen molar-refractivity contribution in [2.75, 3.05) is 13.7 Å². The van der Waals surface area contributed by atoms with Crippen LogP contribution in [0.15, 0.2) is 18.2 Å². The molecule has 126 valence electrons. The van der Waals surface area contributed by atoms with E-state index in [9.17, 15) is 19.7 Å². The fourth-order valence-corrected chi connectivity index (χ4v) is 2.02. The Bertz CT molecular complexity index is 621. The number of nitro groups is 1. The summed E-state index contributed by atoms with van der Waals surface area (Å²) in [5, 5.41) is 22.4. The zero-order chi connectivity index (χ0) is 17.8. The quantitative estimate of drug-likeness (QED) is 0.607. The average molecular weight is 324 g/mol. The fraction of sp³-hybridized carbons (Fsp3) is 0.467. The molecule has 0 heterocycles. The fourth-order valence-electron chi connectivity index (χ4n) is 2.02. The highest BCUT2D eigenvalue weighted by molar-refractivity contribution is 5.95. The van der Waals surface area contributed by atoms with E-state index in [2.05, 4.69) is 5.32 Å². The van der Waals surface area contributed by atoms with Gasteiger partial charge in [0.25, 0.3) is 11.6 Å². The Morgan fingerprint density at radius 1 is 1.39 bits per heavy atom. The van der Waals surface area contributed by atoms with Crippen molar-refractivity contribution >= 4 is 17.6 Å². The zero-order valence-electron chi connectivity index (χ0n) is 13.5. The van der Waals surface area contributed by atoms with Gasteiger partial charge in [-0.15, -0.1) is 0 Å². The molecule has 0 aliphatic carbocycles. The molecule has 1 amide bonds. The minimum absolute atomic E-state index is 0.0879. The first-order valence-corrected chi connectivity index (χ1v) is 6.90. The van der Waals surface area contributed by atoms with Crippen LogP contribution in [0.1, 0.15) is 36.7 Å². The van der Waals surface area contributed by atoms with E-state index in [0.29, 0.717) is 5.56 Å². The molecule has 0 spiro atoms. The highest BCUT2D eigenvalue weighted by Crippen LogP contribution is 2.31. The number of aliphatic carboxylic acids is 1. The van der Waals surface area contributed by atoms with Gasteiger partial charge in [0.05, 0.1) is 11.5 Å². The maximum atomic E-state index is 12.0. The maximum Gasteiger partial charge on any atom is 0.334 e. The number of nitrogens with one attached hydrogen (secondary N) is 1. The Balaban J connectivity index is 3.01. The number of ether oxygens (including phenoxy) is 1. The number of amides is 1. The molecule has 8 heteroatoms. The number of carboxylic acids is 1. The van der Waals surface area contributed by atoms with E-state index in [-0.39, 0.29) is 17.8 Å². The molecule has 1 rings (SSSR count). The highest BCUT2D eigenvalue weighted by atomic mass is 16.6. The van der Waals surface area contributed by atoms with E-state index in [4.69, 9.17) is 9.84 Å². The molecule has 0 saturated carbocycles. The number of rotatable bonds is 6.